The largest absolute Gasteiger partial charge is 0.423 e. The molecule has 0 bridgehead atoms. The van der Waals surface area contributed by atoms with Crippen LogP contribution < -0.4 is 15.7 Å². The van der Waals surface area contributed by atoms with Crippen LogP contribution in [-0.2, 0) is 10.0 Å². The summed E-state index contributed by atoms with van der Waals surface area (Å²) in [6, 6.07) is 7.07. The smallest absolute Gasteiger partial charge is 0.336 e. The van der Waals surface area contributed by atoms with E-state index in [2.05, 4.69) is 10.0 Å². The van der Waals surface area contributed by atoms with Crippen LogP contribution in [0.25, 0.3) is 11.0 Å². The molecular formula is C20H28N2O4S. The van der Waals surface area contributed by atoms with Crippen molar-refractivity contribution in [3.8, 4) is 0 Å². The average Bonchev–Trinajstić information content (AvgIpc) is 2.62. The van der Waals surface area contributed by atoms with Gasteiger partial charge in [0.1, 0.15) is 5.58 Å². The third kappa shape index (κ3) is 4.71. The molecule has 1 heterocycles. The standard InChI is InChI=1S/C20H28N2O4S/c1-13(2)27(24,25)22-16-6-4-15(5-7-16)12-21-18-9-10-19-17(14(18)3)8-11-20(23)26-19/h8-11,13,15-16,21-22H,4-7,12H2,1-3H3. The van der Waals surface area contributed by atoms with Gasteiger partial charge in [-0.05, 0) is 76.1 Å². The first-order chi connectivity index (χ1) is 12.8. The molecule has 0 spiro atoms. The number of sulfonamides is 1. The van der Waals surface area contributed by atoms with Crippen molar-refractivity contribution in [2.45, 2.75) is 57.7 Å². The van der Waals surface area contributed by atoms with Gasteiger partial charge < -0.3 is 9.73 Å². The molecule has 0 unspecified atom stereocenters. The number of anilines is 1. The molecule has 2 aromatic rings. The van der Waals surface area contributed by atoms with Gasteiger partial charge in [-0.15, -0.1) is 0 Å². The predicted octanol–water partition coefficient (Wildman–Crippen LogP) is 3.40. The summed E-state index contributed by atoms with van der Waals surface area (Å²) < 4.78 is 32.1. The number of fused-ring (bicyclic) bond motifs is 1. The summed E-state index contributed by atoms with van der Waals surface area (Å²) in [5.74, 6) is 0.522. The first-order valence-corrected chi connectivity index (χ1v) is 11.1. The number of hydrogen-bond acceptors (Lipinski definition) is 5. The summed E-state index contributed by atoms with van der Waals surface area (Å²) in [5, 5.41) is 4.06. The first-order valence-electron chi connectivity index (χ1n) is 9.55. The minimum absolute atomic E-state index is 0.0546. The van der Waals surface area contributed by atoms with E-state index in [0.29, 0.717) is 11.5 Å². The van der Waals surface area contributed by atoms with E-state index in [-0.39, 0.29) is 11.7 Å². The molecule has 0 amide bonds. The number of rotatable bonds is 6. The highest BCUT2D eigenvalue weighted by molar-refractivity contribution is 7.90. The van der Waals surface area contributed by atoms with Crippen molar-refractivity contribution in [1.82, 2.24) is 4.72 Å². The van der Waals surface area contributed by atoms with Gasteiger partial charge in [0, 0.05) is 29.7 Å². The Morgan fingerprint density at radius 2 is 1.81 bits per heavy atom. The van der Waals surface area contributed by atoms with E-state index in [0.717, 1.165) is 48.9 Å². The van der Waals surface area contributed by atoms with Gasteiger partial charge in [0.2, 0.25) is 10.0 Å². The van der Waals surface area contributed by atoms with Gasteiger partial charge in [0.15, 0.2) is 0 Å². The lowest BCUT2D eigenvalue weighted by molar-refractivity contribution is 0.323. The Bertz CT molecular complexity index is 958. The van der Waals surface area contributed by atoms with Crippen LogP contribution in [0, 0.1) is 12.8 Å². The highest BCUT2D eigenvalue weighted by Crippen LogP contribution is 2.28. The van der Waals surface area contributed by atoms with Gasteiger partial charge in [0.05, 0.1) is 5.25 Å². The Morgan fingerprint density at radius 3 is 2.48 bits per heavy atom. The Balaban J connectivity index is 1.56. The highest BCUT2D eigenvalue weighted by atomic mass is 32.2. The van der Waals surface area contributed by atoms with Gasteiger partial charge >= 0.3 is 5.63 Å². The Kier molecular flexibility index (Phi) is 5.91. The van der Waals surface area contributed by atoms with Crippen LogP contribution in [0.5, 0.6) is 0 Å². The molecular weight excluding hydrogens is 364 g/mol. The van der Waals surface area contributed by atoms with Gasteiger partial charge in [0.25, 0.3) is 0 Å². The second-order valence-corrected chi connectivity index (χ2v) is 9.98. The fourth-order valence-corrected chi connectivity index (χ4v) is 4.56. The minimum atomic E-state index is -3.20. The maximum Gasteiger partial charge on any atom is 0.336 e. The Labute approximate surface area is 160 Å². The third-order valence-corrected chi connectivity index (χ3v) is 7.35. The van der Waals surface area contributed by atoms with Crippen molar-refractivity contribution < 1.29 is 12.8 Å². The number of hydrogen-bond donors (Lipinski definition) is 2. The van der Waals surface area contributed by atoms with E-state index in [1.54, 1.807) is 19.9 Å². The molecule has 1 aromatic carbocycles. The third-order valence-electron chi connectivity index (χ3n) is 5.45. The molecule has 148 valence electrons. The molecule has 0 aliphatic heterocycles. The van der Waals surface area contributed by atoms with Gasteiger partial charge in [-0.2, -0.15) is 0 Å². The van der Waals surface area contributed by atoms with Crippen molar-refractivity contribution >= 4 is 26.7 Å². The molecule has 1 fully saturated rings. The number of benzene rings is 1. The second-order valence-electron chi connectivity index (χ2n) is 7.71. The SMILES string of the molecule is Cc1c(NCC2CCC(NS(=O)(=O)C(C)C)CC2)ccc2oc(=O)ccc12. The van der Waals surface area contributed by atoms with Gasteiger partial charge in [-0.1, -0.05) is 0 Å². The van der Waals surface area contributed by atoms with Crippen LogP contribution in [0.2, 0.25) is 0 Å². The van der Waals surface area contributed by atoms with Crippen molar-refractivity contribution in [1.29, 1.82) is 0 Å². The van der Waals surface area contributed by atoms with E-state index < -0.39 is 15.3 Å². The van der Waals surface area contributed by atoms with E-state index in [4.69, 9.17) is 4.42 Å². The number of aryl methyl sites for hydroxylation is 1. The Hall–Kier alpha value is -1.86. The summed E-state index contributed by atoms with van der Waals surface area (Å²) in [4.78, 5) is 11.3. The maximum atomic E-state index is 12.0. The molecule has 7 heteroatoms. The monoisotopic (exact) mass is 392 g/mol. The normalized spacial score (nSPS) is 20.9. The summed E-state index contributed by atoms with van der Waals surface area (Å²) in [6.07, 6.45) is 3.75. The van der Waals surface area contributed by atoms with E-state index in [1.807, 2.05) is 19.1 Å². The fourth-order valence-electron chi connectivity index (χ4n) is 3.59. The van der Waals surface area contributed by atoms with E-state index in [1.165, 1.54) is 6.07 Å². The zero-order valence-electron chi connectivity index (χ0n) is 16.1. The molecule has 1 aromatic heterocycles. The molecule has 2 N–H and O–H groups in total. The molecule has 1 aliphatic carbocycles. The van der Waals surface area contributed by atoms with Crippen LogP contribution in [0.4, 0.5) is 5.69 Å². The molecule has 27 heavy (non-hydrogen) atoms. The first kappa shape index (κ1) is 19.9. The minimum Gasteiger partial charge on any atom is -0.423 e. The molecule has 0 atom stereocenters. The molecule has 0 radical (unpaired) electrons. The van der Waals surface area contributed by atoms with Crippen molar-refractivity contribution in [2.75, 3.05) is 11.9 Å². The van der Waals surface area contributed by atoms with Crippen LogP contribution in [0.15, 0.2) is 33.5 Å². The van der Waals surface area contributed by atoms with Crippen LogP contribution in [0.3, 0.4) is 0 Å². The van der Waals surface area contributed by atoms with Crippen molar-refractivity contribution in [2.24, 2.45) is 5.92 Å². The maximum absolute atomic E-state index is 12.0. The molecule has 0 saturated heterocycles. The quantitative estimate of drug-likeness (QED) is 0.736. The zero-order chi connectivity index (χ0) is 19.6. The van der Waals surface area contributed by atoms with Crippen LogP contribution >= 0.6 is 0 Å². The second kappa shape index (κ2) is 8.02. The molecule has 3 rings (SSSR count). The molecule has 6 nitrogen and oxygen atoms in total. The van der Waals surface area contributed by atoms with Crippen LogP contribution in [0.1, 0.15) is 45.1 Å². The summed E-state index contributed by atoms with van der Waals surface area (Å²) in [6.45, 7) is 6.28. The number of nitrogens with one attached hydrogen (secondary N) is 2. The van der Waals surface area contributed by atoms with Gasteiger partial charge in [-0.3, -0.25) is 0 Å². The van der Waals surface area contributed by atoms with Crippen molar-refractivity contribution in [3.05, 3.63) is 40.2 Å². The molecule has 1 aliphatic rings. The lowest BCUT2D eigenvalue weighted by atomic mass is 9.86. The van der Waals surface area contributed by atoms with E-state index in [9.17, 15) is 13.2 Å². The van der Waals surface area contributed by atoms with Crippen molar-refractivity contribution in [3.63, 3.8) is 0 Å². The fraction of sp³-hybridized carbons (Fsp3) is 0.550. The van der Waals surface area contributed by atoms with Gasteiger partial charge in [-0.25, -0.2) is 17.9 Å². The lowest BCUT2D eigenvalue weighted by Crippen LogP contribution is -2.41. The topological polar surface area (TPSA) is 88.4 Å². The average molecular weight is 393 g/mol. The Morgan fingerprint density at radius 1 is 1.11 bits per heavy atom. The highest BCUT2D eigenvalue weighted by Gasteiger charge is 2.26. The molecule has 1 saturated carbocycles. The zero-order valence-corrected chi connectivity index (χ0v) is 16.9. The summed E-state index contributed by atoms with van der Waals surface area (Å²) in [7, 11) is -3.20. The predicted molar refractivity (Wildman–Crippen MR) is 109 cm³/mol. The van der Waals surface area contributed by atoms with Crippen LogP contribution in [-0.4, -0.2) is 26.3 Å². The summed E-state index contributed by atoms with van der Waals surface area (Å²) >= 11 is 0. The van der Waals surface area contributed by atoms with E-state index >= 15 is 0 Å². The summed E-state index contributed by atoms with van der Waals surface area (Å²) in [5.41, 5.74) is 2.37. The lowest BCUT2D eigenvalue weighted by Gasteiger charge is -2.30.